The van der Waals surface area contributed by atoms with Gasteiger partial charge >= 0.3 is 5.97 Å². The molecular weight excluding hydrogens is 378 g/mol. The first-order valence-corrected chi connectivity index (χ1v) is 9.02. The monoisotopic (exact) mass is 399 g/mol. The average Bonchev–Trinajstić information content (AvgIpc) is 3.16. The molecule has 1 amide bonds. The number of rotatable bonds is 9. The average molecular weight is 399 g/mol. The Morgan fingerprint density at radius 1 is 1.24 bits per heavy atom. The van der Waals surface area contributed by atoms with Crippen molar-refractivity contribution in [1.82, 2.24) is 25.1 Å². The van der Waals surface area contributed by atoms with Gasteiger partial charge in [0.25, 0.3) is 11.5 Å². The largest absolute Gasteiger partial charge is 0.456 e. The van der Waals surface area contributed by atoms with E-state index in [1.54, 1.807) is 4.68 Å². The van der Waals surface area contributed by atoms with Gasteiger partial charge in [-0.05, 0) is 12.1 Å². The van der Waals surface area contributed by atoms with Crippen molar-refractivity contribution in [3.63, 3.8) is 0 Å². The van der Waals surface area contributed by atoms with Gasteiger partial charge in [-0.1, -0.05) is 18.2 Å². The second-order valence-electron chi connectivity index (χ2n) is 6.15. The number of para-hydroxylation sites is 1. The van der Waals surface area contributed by atoms with E-state index in [1.165, 1.54) is 13.3 Å². The van der Waals surface area contributed by atoms with E-state index >= 15 is 0 Å². The standard InChI is InChI=1S/C19H21N5O5/c1-28-10-9-20-16(25)12-29-17(26)8-7-15-22-18-14(19(27)23-15)11-21-24(18)13-5-3-2-4-6-13/h2-6,11H,7-10,12H2,1H3,(H,20,25)(H,22,23,27). The molecule has 0 fully saturated rings. The summed E-state index contributed by atoms with van der Waals surface area (Å²) in [6, 6.07) is 9.30. The van der Waals surface area contributed by atoms with Crippen LogP contribution in [-0.4, -0.2) is 58.5 Å². The number of carbonyl (C=O) groups is 2. The van der Waals surface area contributed by atoms with Crippen molar-refractivity contribution in [3.05, 3.63) is 52.7 Å². The molecule has 152 valence electrons. The third kappa shape index (κ3) is 5.26. The molecule has 0 atom stereocenters. The highest BCUT2D eigenvalue weighted by Gasteiger charge is 2.13. The smallest absolute Gasteiger partial charge is 0.306 e. The zero-order valence-electron chi connectivity index (χ0n) is 15.9. The highest BCUT2D eigenvalue weighted by molar-refractivity contribution is 5.80. The number of aromatic amines is 1. The molecule has 0 aliphatic carbocycles. The Labute approximate surface area is 165 Å². The summed E-state index contributed by atoms with van der Waals surface area (Å²) in [4.78, 5) is 42.8. The summed E-state index contributed by atoms with van der Waals surface area (Å²) in [7, 11) is 1.52. The van der Waals surface area contributed by atoms with E-state index < -0.39 is 11.9 Å². The van der Waals surface area contributed by atoms with Gasteiger partial charge < -0.3 is 19.8 Å². The number of nitrogens with zero attached hydrogens (tertiary/aromatic N) is 3. The molecule has 10 heteroatoms. The number of nitrogens with one attached hydrogen (secondary N) is 2. The molecule has 0 radical (unpaired) electrons. The van der Waals surface area contributed by atoms with Gasteiger partial charge in [-0.15, -0.1) is 0 Å². The van der Waals surface area contributed by atoms with E-state index in [-0.39, 0.29) is 25.0 Å². The predicted octanol–water partition coefficient (Wildman–Crippen LogP) is 0.347. The molecule has 2 N–H and O–H groups in total. The molecule has 3 rings (SSSR count). The summed E-state index contributed by atoms with van der Waals surface area (Å²) in [5.41, 5.74) is 0.837. The van der Waals surface area contributed by atoms with Gasteiger partial charge in [0.05, 0.1) is 24.9 Å². The lowest BCUT2D eigenvalue weighted by atomic mass is 10.3. The molecule has 29 heavy (non-hydrogen) atoms. The van der Waals surface area contributed by atoms with Crippen LogP contribution in [0, 0.1) is 0 Å². The lowest BCUT2D eigenvalue weighted by Gasteiger charge is -2.06. The molecule has 10 nitrogen and oxygen atoms in total. The molecule has 3 aromatic rings. The van der Waals surface area contributed by atoms with Crippen LogP contribution >= 0.6 is 0 Å². The fraction of sp³-hybridized carbons (Fsp3) is 0.316. The summed E-state index contributed by atoms with van der Waals surface area (Å²) < 4.78 is 11.3. The SMILES string of the molecule is COCCNC(=O)COC(=O)CCc1nc2c(cnn2-c2ccccc2)c(=O)[nH]1. The van der Waals surface area contributed by atoms with Crippen LogP contribution in [0.1, 0.15) is 12.2 Å². The van der Waals surface area contributed by atoms with Crippen LogP contribution < -0.4 is 10.9 Å². The zero-order valence-corrected chi connectivity index (χ0v) is 15.9. The van der Waals surface area contributed by atoms with Gasteiger partial charge in [0, 0.05) is 20.1 Å². The minimum Gasteiger partial charge on any atom is -0.456 e. The predicted molar refractivity (Wildman–Crippen MR) is 104 cm³/mol. The topological polar surface area (TPSA) is 128 Å². The first kappa shape index (κ1) is 20.2. The minimum absolute atomic E-state index is 0.0285. The van der Waals surface area contributed by atoms with Crippen LogP contribution in [0.4, 0.5) is 0 Å². The highest BCUT2D eigenvalue weighted by atomic mass is 16.5. The van der Waals surface area contributed by atoms with Crippen LogP contribution in [0.3, 0.4) is 0 Å². The third-order valence-corrected chi connectivity index (χ3v) is 4.05. The lowest BCUT2D eigenvalue weighted by molar-refractivity contribution is -0.148. The van der Waals surface area contributed by atoms with Crippen LogP contribution in [0.2, 0.25) is 0 Å². The van der Waals surface area contributed by atoms with Crippen LogP contribution in [0.15, 0.2) is 41.3 Å². The van der Waals surface area contributed by atoms with E-state index in [0.717, 1.165) is 5.69 Å². The number of carbonyl (C=O) groups excluding carboxylic acids is 2. The quantitative estimate of drug-likeness (QED) is 0.392. The second kappa shape index (κ2) is 9.60. The Balaban J connectivity index is 1.63. The molecule has 2 aromatic heterocycles. The van der Waals surface area contributed by atoms with Gasteiger partial charge in [0.1, 0.15) is 11.2 Å². The molecular formula is C19H21N5O5. The number of esters is 1. The Hall–Kier alpha value is -3.53. The summed E-state index contributed by atoms with van der Waals surface area (Å²) in [5, 5.41) is 7.13. The number of methoxy groups -OCH3 is 1. The van der Waals surface area contributed by atoms with Crippen LogP contribution in [0.5, 0.6) is 0 Å². The summed E-state index contributed by atoms with van der Waals surface area (Å²) >= 11 is 0. The maximum absolute atomic E-state index is 12.3. The number of benzene rings is 1. The normalized spacial score (nSPS) is 10.8. The van der Waals surface area contributed by atoms with Crippen molar-refractivity contribution >= 4 is 22.9 Å². The fourth-order valence-corrected chi connectivity index (χ4v) is 2.62. The van der Waals surface area contributed by atoms with Crippen molar-refractivity contribution in [3.8, 4) is 5.69 Å². The van der Waals surface area contributed by atoms with Crippen LogP contribution in [0.25, 0.3) is 16.7 Å². The molecule has 0 bridgehead atoms. The van der Waals surface area contributed by atoms with Crippen molar-refractivity contribution in [2.24, 2.45) is 0 Å². The Kier molecular flexibility index (Phi) is 6.69. The van der Waals surface area contributed by atoms with Gasteiger partial charge in [-0.3, -0.25) is 14.4 Å². The number of hydrogen-bond donors (Lipinski definition) is 2. The zero-order chi connectivity index (χ0) is 20.6. The number of H-pyrrole nitrogens is 1. The van der Waals surface area contributed by atoms with E-state index in [4.69, 9.17) is 9.47 Å². The summed E-state index contributed by atoms with van der Waals surface area (Å²) in [5.74, 6) is -0.636. The van der Waals surface area contributed by atoms with E-state index in [2.05, 4.69) is 20.4 Å². The first-order valence-electron chi connectivity index (χ1n) is 9.02. The van der Waals surface area contributed by atoms with Crippen molar-refractivity contribution in [2.75, 3.05) is 26.9 Å². The third-order valence-electron chi connectivity index (χ3n) is 4.05. The molecule has 0 saturated carbocycles. The molecule has 1 aromatic carbocycles. The summed E-state index contributed by atoms with van der Waals surface area (Å²) in [6.45, 7) is 0.347. The number of amides is 1. The van der Waals surface area contributed by atoms with Gasteiger partial charge in [-0.2, -0.15) is 5.10 Å². The maximum Gasteiger partial charge on any atom is 0.306 e. The number of aromatic nitrogens is 4. The van der Waals surface area contributed by atoms with Crippen molar-refractivity contribution < 1.29 is 19.1 Å². The summed E-state index contributed by atoms with van der Waals surface area (Å²) in [6.07, 6.45) is 1.59. The molecule has 0 aliphatic heterocycles. The lowest BCUT2D eigenvalue weighted by Crippen LogP contribution is -2.31. The maximum atomic E-state index is 12.3. The molecule has 0 saturated heterocycles. The number of ether oxygens (including phenoxy) is 2. The van der Waals surface area contributed by atoms with Crippen LogP contribution in [-0.2, 0) is 25.5 Å². The van der Waals surface area contributed by atoms with E-state index in [1.807, 2.05) is 30.3 Å². The van der Waals surface area contributed by atoms with Gasteiger partial charge in [-0.25, -0.2) is 9.67 Å². The molecule has 0 spiro atoms. The molecule has 2 heterocycles. The van der Waals surface area contributed by atoms with E-state index in [9.17, 15) is 14.4 Å². The fourth-order valence-electron chi connectivity index (χ4n) is 2.62. The minimum atomic E-state index is -0.564. The van der Waals surface area contributed by atoms with E-state index in [0.29, 0.717) is 30.0 Å². The Morgan fingerprint density at radius 2 is 2.03 bits per heavy atom. The Bertz CT molecular complexity index is 1040. The molecule has 0 unspecified atom stereocenters. The number of aryl methyl sites for hydroxylation is 1. The number of fused-ring (bicyclic) bond motifs is 1. The highest BCUT2D eigenvalue weighted by Crippen LogP contribution is 2.13. The Morgan fingerprint density at radius 3 is 2.79 bits per heavy atom. The number of hydrogen-bond acceptors (Lipinski definition) is 7. The van der Waals surface area contributed by atoms with Crippen molar-refractivity contribution in [1.29, 1.82) is 0 Å². The first-order chi connectivity index (χ1) is 14.1. The van der Waals surface area contributed by atoms with Gasteiger partial charge in [0.15, 0.2) is 12.3 Å². The van der Waals surface area contributed by atoms with Gasteiger partial charge in [0.2, 0.25) is 0 Å². The van der Waals surface area contributed by atoms with Crippen molar-refractivity contribution in [2.45, 2.75) is 12.8 Å². The second-order valence-corrected chi connectivity index (χ2v) is 6.15. The molecule has 0 aliphatic rings.